The van der Waals surface area contributed by atoms with E-state index in [1.54, 1.807) is 12.1 Å². The SMILES string of the molecule is CCN(CC)CCCNc1oc(-c2ccc(S(=O)(=O)N(C)C)cc2)nc1C#N. The average Bonchev–Trinajstić information content (AvgIpc) is 3.11. The average molecular weight is 406 g/mol. The minimum Gasteiger partial charge on any atom is -0.419 e. The standard InChI is InChI=1S/C19H27N5O3S/c1-5-24(6-2)13-7-12-21-19-17(14-20)22-18(27-19)15-8-10-16(11-9-15)28(25,26)23(3)4/h8-11,21H,5-7,12-13H2,1-4H3. The Morgan fingerprint density at radius 2 is 1.82 bits per heavy atom. The van der Waals surface area contributed by atoms with Crippen LogP contribution >= 0.6 is 0 Å². The Labute approximate surface area is 166 Å². The third-order valence-electron chi connectivity index (χ3n) is 4.44. The van der Waals surface area contributed by atoms with E-state index in [0.717, 1.165) is 30.4 Å². The van der Waals surface area contributed by atoms with Crippen LogP contribution in [-0.4, -0.2) is 62.9 Å². The van der Waals surface area contributed by atoms with Gasteiger partial charge in [-0.2, -0.15) is 10.2 Å². The fourth-order valence-corrected chi connectivity index (χ4v) is 3.57. The molecule has 8 nitrogen and oxygen atoms in total. The van der Waals surface area contributed by atoms with E-state index < -0.39 is 10.0 Å². The largest absolute Gasteiger partial charge is 0.419 e. The maximum atomic E-state index is 12.2. The molecule has 0 aliphatic heterocycles. The number of nitrogens with zero attached hydrogens (tertiary/aromatic N) is 4. The normalized spacial score (nSPS) is 11.8. The second-order valence-electron chi connectivity index (χ2n) is 6.43. The third-order valence-corrected chi connectivity index (χ3v) is 6.27. The van der Waals surface area contributed by atoms with Crippen molar-refractivity contribution in [2.45, 2.75) is 25.2 Å². The molecule has 0 radical (unpaired) electrons. The second kappa shape index (κ2) is 9.68. The van der Waals surface area contributed by atoms with Gasteiger partial charge in [0.1, 0.15) is 6.07 Å². The molecule has 1 aromatic carbocycles. The van der Waals surface area contributed by atoms with E-state index in [2.05, 4.69) is 29.0 Å². The van der Waals surface area contributed by atoms with Gasteiger partial charge in [-0.3, -0.25) is 0 Å². The van der Waals surface area contributed by atoms with Crippen LogP contribution < -0.4 is 5.32 Å². The summed E-state index contributed by atoms with van der Waals surface area (Å²) in [6.45, 7) is 7.90. The Morgan fingerprint density at radius 3 is 2.36 bits per heavy atom. The molecular formula is C19H27N5O3S. The van der Waals surface area contributed by atoms with E-state index in [1.807, 2.05) is 6.07 Å². The van der Waals surface area contributed by atoms with Crippen molar-refractivity contribution in [3.8, 4) is 17.5 Å². The van der Waals surface area contributed by atoms with Gasteiger partial charge in [0.2, 0.25) is 27.5 Å². The summed E-state index contributed by atoms with van der Waals surface area (Å²) >= 11 is 0. The summed E-state index contributed by atoms with van der Waals surface area (Å²) in [5.41, 5.74) is 0.785. The number of oxazole rings is 1. The van der Waals surface area contributed by atoms with Gasteiger partial charge in [0.25, 0.3) is 0 Å². The van der Waals surface area contributed by atoms with Crippen molar-refractivity contribution in [2.75, 3.05) is 45.6 Å². The van der Waals surface area contributed by atoms with E-state index in [9.17, 15) is 13.7 Å². The Bertz CT molecular complexity index is 910. The summed E-state index contributed by atoms with van der Waals surface area (Å²) in [6, 6.07) is 8.26. The van der Waals surface area contributed by atoms with Gasteiger partial charge in [-0.25, -0.2) is 12.7 Å². The summed E-state index contributed by atoms with van der Waals surface area (Å²) in [5, 5.41) is 12.4. The zero-order valence-electron chi connectivity index (χ0n) is 16.8. The van der Waals surface area contributed by atoms with E-state index in [1.165, 1.54) is 26.2 Å². The molecule has 0 saturated heterocycles. The number of rotatable bonds is 10. The highest BCUT2D eigenvalue weighted by Gasteiger charge is 2.18. The highest BCUT2D eigenvalue weighted by molar-refractivity contribution is 7.89. The van der Waals surface area contributed by atoms with Crippen molar-refractivity contribution in [1.82, 2.24) is 14.2 Å². The fraction of sp³-hybridized carbons (Fsp3) is 0.474. The maximum Gasteiger partial charge on any atom is 0.242 e. The van der Waals surface area contributed by atoms with Crippen molar-refractivity contribution in [3.63, 3.8) is 0 Å². The first-order chi connectivity index (χ1) is 13.3. The van der Waals surface area contributed by atoms with Gasteiger partial charge in [0, 0.05) is 26.2 Å². The molecule has 0 spiro atoms. The van der Waals surface area contributed by atoms with Crippen LogP contribution in [0, 0.1) is 11.3 Å². The Kier molecular flexibility index (Phi) is 7.57. The van der Waals surface area contributed by atoms with Crippen LogP contribution in [0.15, 0.2) is 33.6 Å². The summed E-state index contributed by atoms with van der Waals surface area (Å²) < 4.78 is 31.2. The fourth-order valence-electron chi connectivity index (χ4n) is 2.66. The Morgan fingerprint density at radius 1 is 1.18 bits per heavy atom. The molecule has 0 bridgehead atoms. The van der Waals surface area contributed by atoms with Crippen LogP contribution in [-0.2, 0) is 10.0 Å². The Hall–Kier alpha value is -2.41. The molecule has 152 valence electrons. The van der Waals surface area contributed by atoms with Gasteiger partial charge in [0.15, 0.2) is 0 Å². The lowest BCUT2D eigenvalue weighted by Crippen LogP contribution is -2.25. The summed E-state index contributed by atoms with van der Waals surface area (Å²) in [7, 11) is -0.535. The number of benzene rings is 1. The lowest BCUT2D eigenvalue weighted by molar-refractivity contribution is 0.302. The molecule has 9 heteroatoms. The molecule has 0 aliphatic rings. The predicted octanol–water partition coefficient (Wildman–Crippen LogP) is 2.61. The first kappa shape index (κ1) is 21.9. The molecule has 2 aromatic rings. The number of nitriles is 1. The molecule has 1 N–H and O–H groups in total. The lowest BCUT2D eigenvalue weighted by Gasteiger charge is -2.17. The quantitative estimate of drug-likeness (QED) is 0.606. The van der Waals surface area contributed by atoms with Gasteiger partial charge in [0.05, 0.1) is 4.90 Å². The smallest absolute Gasteiger partial charge is 0.242 e. The van der Waals surface area contributed by atoms with E-state index in [4.69, 9.17) is 4.42 Å². The molecule has 28 heavy (non-hydrogen) atoms. The molecule has 0 aliphatic carbocycles. The van der Waals surface area contributed by atoms with Crippen LogP contribution in [0.5, 0.6) is 0 Å². The number of nitrogens with one attached hydrogen (secondary N) is 1. The molecule has 0 amide bonds. The van der Waals surface area contributed by atoms with Crippen molar-refractivity contribution in [1.29, 1.82) is 5.26 Å². The topological polar surface area (TPSA) is 102 Å². The third kappa shape index (κ3) is 5.10. The molecule has 1 heterocycles. The first-order valence-electron chi connectivity index (χ1n) is 9.23. The predicted molar refractivity (Wildman–Crippen MR) is 108 cm³/mol. The first-order valence-corrected chi connectivity index (χ1v) is 10.7. The van der Waals surface area contributed by atoms with E-state index in [0.29, 0.717) is 18.0 Å². The molecule has 0 unspecified atom stereocenters. The minimum atomic E-state index is -3.50. The zero-order chi connectivity index (χ0) is 20.7. The number of hydrogen-bond donors (Lipinski definition) is 1. The molecule has 0 fully saturated rings. The molecule has 0 saturated carbocycles. The van der Waals surface area contributed by atoms with Crippen LogP contribution in [0.2, 0.25) is 0 Å². The number of hydrogen-bond acceptors (Lipinski definition) is 7. The van der Waals surface area contributed by atoms with Gasteiger partial charge < -0.3 is 14.6 Å². The van der Waals surface area contributed by atoms with Crippen LogP contribution in [0.1, 0.15) is 26.0 Å². The van der Waals surface area contributed by atoms with Crippen LogP contribution in [0.25, 0.3) is 11.5 Å². The van der Waals surface area contributed by atoms with Gasteiger partial charge in [-0.1, -0.05) is 13.8 Å². The highest BCUT2D eigenvalue weighted by atomic mass is 32.2. The minimum absolute atomic E-state index is 0.183. The zero-order valence-corrected chi connectivity index (χ0v) is 17.6. The van der Waals surface area contributed by atoms with E-state index in [-0.39, 0.29) is 16.5 Å². The van der Waals surface area contributed by atoms with Gasteiger partial charge in [-0.15, -0.1) is 0 Å². The summed E-state index contributed by atoms with van der Waals surface area (Å²) in [4.78, 5) is 6.72. The number of sulfonamides is 1. The number of aromatic nitrogens is 1. The lowest BCUT2D eigenvalue weighted by atomic mass is 10.2. The van der Waals surface area contributed by atoms with Gasteiger partial charge >= 0.3 is 0 Å². The van der Waals surface area contributed by atoms with Crippen molar-refractivity contribution < 1.29 is 12.8 Å². The van der Waals surface area contributed by atoms with Crippen molar-refractivity contribution in [2.24, 2.45) is 0 Å². The summed E-state index contributed by atoms with van der Waals surface area (Å²) in [6.07, 6.45) is 0.916. The molecule has 0 atom stereocenters. The highest BCUT2D eigenvalue weighted by Crippen LogP contribution is 2.26. The maximum absolute atomic E-state index is 12.2. The van der Waals surface area contributed by atoms with Gasteiger partial charge in [-0.05, 0) is 50.3 Å². The van der Waals surface area contributed by atoms with Crippen molar-refractivity contribution in [3.05, 3.63) is 30.0 Å². The molecule has 2 rings (SSSR count). The molecular weight excluding hydrogens is 378 g/mol. The Balaban J connectivity index is 2.10. The monoisotopic (exact) mass is 405 g/mol. The van der Waals surface area contributed by atoms with Crippen molar-refractivity contribution >= 4 is 15.9 Å². The number of anilines is 1. The van der Waals surface area contributed by atoms with E-state index >= 15 is 0 Å². The van der Waals surface area contributed by atoms with Crippen LogP contribution in [0.3, 0.4) is 0 Å². The second-order valence-corrected chi connectivity index (χ2v) is 8.58. The van der Waals surface area contributed by atoms with Crippen LogP contribution in [0.4, 0.5) is 5.88 Å². The summed E-state index contributed by atoms with van der Waals surface area (Å²) in [5.74, 6) is 0.610. The molecule has 1 aromatic heterocycles.